The summed E-state index contributed by atoms with van der Waals surface area (Å²) in [6.07, 6.45) is 6.39. The van der Waals surface area contributed by atoms with E-state index in [0.717, 1.165) is 44.3 Å². The van der Waals surface area contributed by atoms with Crippen LogP contribution in [0.2, 0.25) is 0 Å². The maximum Gasteiger partial charge on any atom is 0.321 e. The van der Waals surface area contributed by atoms with Crippen LogP contribution in [0, 0.1) is 0 Å². The number of nitrogen functional groups attached to an aromatic ring is 1. The van der Waals surface area contributed by atoms with Gasteiger partial charge >= 0.3 is 6.03 Å². The van der Waals surface area contributed by atoms with E-state index in [2.05, 4.69) is 20.8 Å². The maximum absolute atomic E-state index is 11.8. The highest BCUT2D eigenvalue weighted by Gasteiger charge is 2.30. The molecule has 0 atom stereocenters. The monoisotopic (exact) mass is 324 g/mol. The molecule has 2 fully saturated rings. The van der Waals surface area contributed by atoms with Crippen molar-refractivity contribution in [2.24, 2.45) is 0 Å². The molecule has 0 aromatic carbocycles. The minimum absolute atomic E-state index is 0.0814. The van der Waals surface area contributed by atoms with Crippen LogP contribution < -0.4 is 16.5 Å². The van der Waals surface area contributed by atoms with E-state index in [0.29, 0.717) is 11.1 Å². The van der Waals surface area contributed by atoms with E-state index in [9.17, 15) is 9.59 Å². The molecule has 2 aliphatic rings. The van der Waals surface area contributed by atoms with Crippen LogP contribution in [-0.4, -0.2) is 38.6 Å². The van der Waals surface area contributed by atoms with Gasteiger partial charge in [0.05, 0.1) is 5.75 Å². The quantitative estimate of drug-likeness (QED) is 0.543. The van der Waals surface area contributed by atoms with Gasteiger partial charge < -0.3 is 11.2 Å². The Morgan fingerprint density at radius 2 is 1.95 bits per heavy atom. The van der Waals surface area contributed by atoms with Crippen LogP contribution in [0.1, 0.15) is 50.3 Å². The minimum atomic E-state index is -0.426. The Labute approximate surface area is 132 Å². The van der Waals surface area contributed by atoms with Crippen molar-refractivity contribution in [3.8, 4) is 0 Å². The van der Waals surface area contributed by atoms with Gasteiger partial charge in [-0.1, -0.05) is 24.6 Å². The second kappa shape index (κ2) is 6.55. The fourth-order valence-corrected chi connectivity index (χ4v) is 3.25. The number of nitrogens with two attached hydrogens (primary N) is 1. The Hall–Kier alpha value is -1.77. The number of thioether (sulfide) groups is 1. The molecule has 120 valence electrons. The van der Waals surface area contributed by atoms with E-state index in [1.807, 2.05) is 0 Å². The van der Waals surface area contributed by atoms with Crippen molar-refractivity contribution in [3.05, 3.63) is 5.82 Å². The van der Waals surface area contributed by atoms with Crippen molar-refractivity contribution in [1.82, 2.24) is 25.5 Å². The van der Waals surface area contributed by atoms with E-state index < -0.39 is 6.03 Å². The number of hydrogen-bond acceptors (Lipinski definition) is 6. The molecule has 22 heavy (non-hydrogen) atoms. The molecule has 8 nitrogen and oxygen atoms in total. The second-order valence-corrected chi connectivity index (χ2v) is 6.72. The van der Waals surface area contributed by atoms with E-state index >= 15 is 0 Å². The number of nitrogens with zero attached hydrogens (tertiary/aromatic N) is 3. The van der Waals surface area contributed by atoms with E-state index in [1.54, 1.807) is 0 Å². The van der Waals surface area contributed by atoms with Crippen molar-refractivity contribution < 1.29 is 9.59 Å². The normalized spacial score (nSPS) is 18.4. The molecule has 1 aromatic heterocycles. The second-order valence-electron chi connectivity index (χ2n) is 5.78. The summed E-state index contributed by atoms with van der Waals surface area (Å²) >= 11 is 1.18. The van der Waals surface area contributed by atoms with Crippen LogP contribution >= 0.6 is 11.8 Å². The number of carbonyl (C=O) groups excluding carboxylic acids is 2. The summed E-state index contributed by atoms with van der Waals surface area (Å²) in [6, 6.07) is -0.237. The van der Waals surface area contributed by atoms with E-state index in [4.69, 9.17) is 5.84 Å². The Bertz CT molecular complexity index is 565. The van der Waals surface area contributed by atoms with Crippen molar-refractivity contribution >= 4 is 23.7 Å². The van der Waals surface area contributed by atoms with Gasteiger partial charge in [-0.3, -0.25) is 10.1 Å². The molecule has 1 aromatic rings. The molecule has 0 saturated heterocycles. The maximum atomic E-state index is 11.8. The van der Waals surface area contributed by atoms with Crippen LogP contribution in [0.5, 0.6) is 0 Å². The zero-order valence-corrected chi connectivity index (χ0v) is 13.1. The smallest absolute Gasteiger partial charge is 0.321 e. The first kappa shape index (κ1) is 15.1. The highest BCUT2D eigenvalue weighted by molar-refractivity contribution is 7.99. The molecule has 2 aliphatic carbocycles. The predicted octanol–water partition coefficient (Wildman–Crippen LogP) is 0.730. The third kappa shape index (κ3) is 3.70. The lowest BCUT2D eigenvalue weighted by atomic mass is 10.2. The van der Waals surface area contributed by atoms with Gasteiger partial charge in [0.1, 0.15) is 0 Å². The molecule has 1 heterocycles. The summed E-state index contributed by atoms with van der Waals surface area (Å²) < 4.78 is 1.44. The highest BCUT2D eigenvalue weighted by Crippen LogP contribution is 2.39. The molecule has 0 unspecified atom stereocenters. The average molecular weight is 324 g/mol. The molecule has 3 rings (SSSR count). The molecule has 4 N–H and O–H groups in total. The number of urea groups is 1. The van der Waals surface area contributed by atoms with Gasteiger partial charge in [-0.15, -0.1) is 10.2 Å². The fraction of sp³-hybridized carbons (Fsp3) is 0.692. The molecular weight excluding hydrogens is 304 g/mol. The largest absolute Gasteiger partial charge is 0.336 e. The number of imide groups is 1. The zero-order valence-electron chi connectivity index (χ0n) is 12.2. The first-order chi connectivity index (χ1) is 10.6. The number of rotatable bonds is 5. The highest BCUT2D eigenvalue weighted by atomic mass is 32.2. The third-order valence-corrected chi connectivity index (χ3v) is 4.85. The number of hydrogen-bond donors (Lipinski definition) is 3. The summed E-state index contributed by atoms with van der Waals surface area (Å²) in [5.41, 5.74) is 0. The van der Waals surface area contributed by atoms with Gasteiger partial charge in [0.25, 0.3) is 0 Å². The SMILES string of the molecule is Nn1c(SCC(=O)NC(=O)NC2CCCC2)nnc1C1CC1. The first-order valence-electron chi connectivity index (χ1n) is 7.57. The van der Waals surface area contributed by atoms with Crippen LogP contribution in [0.15, 0.2) is 5.16 Å². The summed E-state index contributed by atoms with van der Waals surface area (Å²) in [7, 11) is 0. The molecule has 9 heteroatoms. The predicted molar refractivity (Wildman–Crippen MR) is 81.8 cm³/mol. The van der Waals surface area contributed by atoms with Gasteiger partial charge in [0.15, 0.2) is 5.82 Å². The topological polar surface area (TPSA) is 115 Å². The van der Waals surface area contributed by atoms with Gasteiger partial charge in [-0.2, -0.15) is 0 Å². The lowest BCUT2D eigenvalue weighted by Crippen LogP contribution is -2.44. The molecule has 0 bridgehead atoms. The number of carbonyl (C=O) groups is 2. The zero-order chi connectivity index (χ0) is 15.5. The Morgan fingerprint density at radius 1 is 1.23 bits per heavy atom. The lowest BCUT2D eigenvalue weighted by Gasteiger charge is -2.11. The molecule has 3 amide bonds. The van der Waals surface area contributed by atoms with Crippen LogP contribution in [0.3, 0.4) is 0 Å². The Morgan fingerprint density at radius 3 is 2.64 bits per heavy atom. The number of nitrogens with one attached hydrogen (secondary N) is 2. The van der Waals surface area contributed by atoms with Crippen LogP contribution in [0.25, 0.3) is 0 Å². The Kier molecular flexibility index (Phi) is 4.51. The van der Waals surface area contributed by atoms with Gasteiger partial charge in [-0.05, 0) is 25.7 Å². The first-order valence-corrected chi connectivity index (χ1v) is 8.55. The van der Waals surface area contributed by atoms with Gasteiger partial charge in [0.2, 0.25) is 11.1 Å². The summed E-state index contributed by atoms with van der Waals surface area (Å²) in [6.45, 7) is 0. The number of aromatic nitrogens is 3. The third-order valence-electron chi connectivity index (χ3n) is 3.91. The molecule has 0 radical (unpaired) electrons. The van der Waals surface area contributed by atoms with Crippen molar-refractivity contribution in [1.29, 1.82) is 0 Å². The number of amides is 3. The molecule has 0 spiro atoms. The van der Waals surface area contributed by atoms with Crippen LogP contribution in [0.4, 0.5) is 4.79 Å². The molecule has 2 saturated carbocycles. The molecular formula is C13H20N6O2S. The van der Waals surface area contributed by atoms with E-state index in [-0.39, 0.29) is 17.7 Å². The summed E-state index contributed by atoms with van der Waals surface area (Å²) in [4.78, 5) is 23.5. The van der Waals surface area contributed by atoms with Gasteiger partial charge in [0, 0.05) is 12.0 Å². The lowest BCUT2D eigenvalue weighted by molar-refractivity contribution is -0.117. The Balaban J connectivity index is 1.42. The van der Waals surface area contributed by atoms with Crippen molar-refractivity contribution in [2.45, 2.75) is 55.6 Å². The fourth-order valence-electron chi connectivity index (χ4n) is 2.59. The minimum Gasteiger partial charge on any atom is -0.336 e. The van der Waals surface area contributed by atoms with Crippen molar-refractivity contribution in [2.75, 3.05) is 11.6 Å². The molecule has 0 aliphatic heterocycles. The summed E-state index contributed by atoms with van der Waals surface area (Å²) in [5.74, 6) is 6.78. The van der Waals surface area contributed by atoms with Crippen LogP contribution in [-0.2, 0) is 4.79 Å². The van der Waals surface area contributed by atoms with E-state index in [1.165, 1.54) is 16.4 Å². The van der Waals surface area contributed by atoms with Gasteiger partial charge in [-0.25, -0.2) is 9.47 Å². The standard InChI is InChI=1S/C13H20N6O2S/c14-19-11(8-5-6-8)17-18-13(19)22-7-10(20)16-12(21)15-9-3-1-2-4-9/h8-9H,1-7,14H2,(H2,15,16,20,21). The summed E-state index contributed by atoms with van der Waals surface area (Å²) in [5, 5.41) is 13.7. The average Bonchev–Trinajstić information content (AvgIpc) is 3.06. The van der Waals surface area contributed by atoms with Crippen molar-refractivity contribution in [3.63, 3.8) is 0 Å².